The number of ether oxygens (including phenoxy) is 1. The number of amides is 1. The maximum atomic E-state index is 11.8. The van der Waals surface area contributed by atoms with Gasteiger partial charge in [-0.15, -0.1) is 22.7 Å². The Hall–Kier alpha value is -1.73. The highest BCUT2D eigenvalue weighted by atomic mass is 32.1. The van der Waals surface area contributed by atoms with Crippen LogP contribution in [0.5, 0.6) is 0 Å². The lowest BCUT2D eigenvalue weighted by molar-refractivity contribution is 0.0528. The molecule has 0 aliphatic rings. The van der Waals surface area contributed by atoms with Crippen LogP contribution >= 0.6 is 22.7 Å². The lowest BCUT2D eigenvalue weighted by atomic mass is 10.3. The summed E-state index contributed by atoms with van der Waals surface area (Å²) < 4.78 is 4.90. The second kappa shape index (κ2) is 5.74. The SMILES string of the molecule is CCOC(=O)c1ccsc1NC(=O)c1cscn1. The summed E-state index contributed by atoms with van der Waals surface area (Å²) in [5, 5.41) is 6.50. The molecule has 0 bridgehead atoms. The summed E-state index contributed by atoms with van der Waals surface area (Å²) in [5.41, 5.74) is 2.28. The molecule has 0 saturated heterocycles. The highest BCUT2D eigenvalue weighted by Gasteiger charge is 2.17. The highest BCUT2D eigenvalue weighted by molar-refractivity contribution is 7.14. The minimum absolute atomic E-state index is 0.300. The number of thiazole rings is 1. The predicted octanol–water partition coefficient (Wildman–Crippen LogP) is 2.63. The van der Waals surface area contributed by atoms with Crippen molar-refractivity contribution >= 4 is 39.6 Å². The standard InChI is InChI=1S/C11H10N2O3S2/c1-2-16-11(15)7-3-4-18-10(7)13-9(14)8-5-17-6-12-8/h3-6H,2H2,1H3,(H,13,14). The smallest absolute Gasteiger partial charge is 0.341 e. The summed E-state index contributed by atoms with van der Waals surface area (Å²) in [5.74, 6) is -0.767. The number of nitrogens with one attached hydrogen (secondary N) is 1. The van der Waals surface area contributed by atoms with Crippen LogP contribution in [-0.4, -0.2) is 23.5 Å². The van der Waals surface area contributed by atoms with Crippen molar-refractivity contribution in [2.24, 2.45) is 0 Å². The van der Waals surface area contributed by atoms with Gasteiger partial charge in [-0.3, -0.25) is 4.79 Å². The van der Waals surface area contributed by atoms with Crippen molar-refractivity contribution in [2.45, 2.75) is 6.92 Å². The van der Waals surface area contributed by atoms with Gasteiger partial charge in [0.05, 0.1) is 17.7 Å². The number of hydrogen-bond donors (Lipinski definition) is 1. The van der Waals surface area contributed by atoms with Crippen molar-refractivity contribution in [3.63, 3.8) is 0 Å². The van der Waals surface area contributed by atoms with E-state index >= 15 is 0 Å². The molecule has 2 heterocycles. The summed E-state index contributed by atoms with van der Waals surface area (Å²) in [4.78, 5) is 27.3. The minimum atomic E-state index is -0.438. The third-order valence-corrected chi connectivity index (χ3v) is 3.47. The average molecular weight is 282 g/mol. The van der Waals surface area contributed by atoms with Gasteiger partial charge in [-0.25, -0.2) is 9.78 Å². The Balaban J connectivity index is 2.13. The molecule has 0 fully saturated rings. The molecule has 94 valence electrons. The summed E-state index contributed by atoms with van der Waals surface area (Å²) in [6.45, 7) is 2.03. The molecular formula is C11H10N2O3S2. The summed E-state index contributed by atoms with van der Waals surface area (Å²) in [6.07, 6.45) is 0. The maximum Gasteiger partial charge on any atom is 0.341 e. The molecule has 0 aromatic carbocycles. The van der Waals surface area contributed by atoms with Gasteiger partial charge in [0.15, 0.2) is 0 Å². The Labute approximate surface area is 111 Å². The molecule has 0 saturated carbocycles. The van der Waals surface area contributed by atoms with E-state index in [-0.39, 0.29) is 5.91 Å². The Kier molecular flexibility index (Phi) is 4.06. The number of thiophene rings is 1. The first-order valence-corrected chi connectivity index (χ1v) is 6.98. The van der Waals surface area contributed by atoms with Gasteiger partial charge in [0.25, 0.3) is 5.91 Å². The van der Waals surface area contributed by atoms with E-state index in [2.05, 4.69) is 10.3 Å². The zero-order valence-electron chi connectivity index (χ0n) is 9.50. The van der Waals surface area contributed by atoms with Gasteiger partial charge in [0.2, 0.25) is 0 Å². The van der Waals surface area contributed by atoms with Crippen LogP contribution in [0.25, 0.3) is 0 Å². The highest BCUT2D eigenvalue weighted by Crippen LogP contribution is 2.24. The van der Waals surface area contributed by atoms with E-state index in [1.165, 1.54) is 22.7 Å². The largest absolute Gasteiger partial charge is 0.462 e. The lowest BCUT2D eigenvalue weighted by Crippen LogP contribution is -2.14. The number of carbonyl (C=O) groups is 2. The molecule has 2 aromatic rings. The maximum absolute atomic E-state index is 11.8. The molecule has 0 unspecified atom stereocenters. The second-order valence-electron chi connectivity index (χ2n) is 3.21. The molecule has 5 nitrogen and oxygen atoms in total. The van der Waals surface area contributed by atoms with Crippen molar-refractivity contribution < 1.29 is 14.3 Å². The fourth-order valence-corrected chi connectivity index (χ4v) is 2.57. The molecular weight excluding hydrogens is 272 g/mol. The zero-order valence-corrected chi connectivity index (χ0v) is 11.1. The molecule has 18 heavy (non-hydrogen) atoms. The van der Waals surface area contributed by atoms with Crippen molar-refractivity contribution in [1.29, 1.82) is 0 Å². The molecule has 0 spiro atoms. The van der Waals surface area contributed by atoms with Crippen molar-refractivity contribution in [1.82, 2.24) is 4.98 Å². The van der Waals surface area contributed by atoms with Crippen LogP contribution in [0.1, 0.15) is 27.8 Å². The Morgan fingerprint density at radius 2 is 2.33 bits per heavy atom. The molecule has 2 aromatic heterocycles. The van der Waals surface area contributed by atoms with Crippen molar-refractivity contribution in [2.75, 3.05) is 11.9 Å². The first-order chi connectivity index (χ1) is 8.72. The van der Waals surface area contributed by atoms with Crippen LogP contribution in [0.15, 0.2) is 22.3 Å². The summed E-state index contributed by atoms with van der Waals surface area (Å²) >= 11 is 2.61. The quantitative estimate of drug-likeness (QED) is 0.875. The van der Waals surface area contributed by atoms with Gasteiger partial charge in [0, 0.05) is 5.38 Å². The minimum Gasteiger partial charge on any atom is -0.462 e. The first kappa shape index (κ1) is 12.7. The Morgan fingerprint density at radius 1 is 1.50 bits per heavy atom. The molecule has 7 heteroatoms. The Morgan fingerprint density at radius 3 is 3.00 bits per heavy atom. The molecule has 0 aliphatic heterocycles. The van der Waals surface area contributed by atoms with E-state index in [1.807, 2.05) is 0 Å². The van der Waals surface area contributed by atoms with Gasteiger partial charge in [-0.05, 0) is 18.4 Å². The fraction of sp³-hybridized carbons (Fsp3) is 0.182. The lowest BCUT2D eigenvalue weighted by Gasteiger charge is -2.04. The van der Waals surface area contributed by atoms with Gasteiger partial charge >= 0.3 is 5.97 Å². The molecule has 0 aliphatic carbocycles. The van der Waals surface area contributed by atoms with Gasteiger partial charge in [0.1, 0.15) is 10.7 Å². The third-order valence-electron chi connectivity index (χ3n) is 2.05. The number of rotatable bonds is 4. The normalized spacial score (nSPS) is 10.1. The average Bonchev–Trinajstić information content (AvgIpc) is 2.99. The van der Waals surface area contributed by atoms with Crippen LogP contribution in [0.4, 0.5) is 5.00 Å². The van der Waals surface area contributed by atoms with Crippen LogP contribution in [0.3, 0.4) is 0 Å². The van der Waals surface area contributed by atoms with Crippen LogP contribution < -0.4 is 5.32 Å². The van der Waals surface area contributed by atoms with Crippen molar-refractivity contribution in [3.05, 3.63) is 33.6 Å². The molecule has 0 radical (unpaired) electrons. The van der Waals surface area contributed by atoms with Gasteiger partial charge < -0.3 is 10.1 Å². The van der Waals surface area contributed by atoms with E-state index in [1.54, 1.807) is 29.3 Å². The monoisotopic (exact) mass is 282 g/mol. The van der Waals surface area contributed by atoms with E-state index in [4.69, 9.17) is 4.74 Å². The number of hydrogen-bond acceptors (Lipinski definition) is 6. The van der Waals surface area contributed by atoms with E-state index in [0.29, 0.717) is 22.9 Å². The van der Waals surface area contributed by atoms with Crippen molar-refractivity contribution in [3.8, 4) is 0 Å². The number of esters is 1. The fourth-order valence-electron chi connectivity index (χ4n) is 1.27. The number of nitrogens with zero attached hydrogens (tertiary/aromatic N) is 1. The van der Waals surface area contributed by atoms with Crippen LogP contribution in [-0.2, 0) is 4.74 Å². The third kappa shape index (κ3) is 2.74. The topological polar surface area (TPSA) is 68.3 Å². The number of aromatic nitrogens is 1. The first-order valence-electron chi connectivity index (χ1n) is 5.16. The summed E-state index contributed by atoms with van der Waals surface area (Å²) in [6, 6.07) is 1.62. The van der Waals surface area contributed by atoms with E-state index < -0.39 is 5.97 Å². The Bertz CT molecular complexity index is 548. The van der Waals surface area contributed by atoms with E-state index in [9.17, 15) is 9.59 Å². The summed E-state index contributed by atoms with van der Waals surface area (Å²) in [7, 11) is 0. The van der Waals surface area contributed by atoms with Gasteiger partial charge in [-0.1, -0.05) is 0 Å². The van der Waals surface area contributed by atoms with E-state index in [0.717, 1.165) is 0 Å². The predicted molar refractivity (Wildman–Crippen MR) is 70.3 cm³/mol. The number of anilines is 1. The zero-order chi connectivity index (χ0) is 13.0. The second-order valence-corrected chi connectivity index (χ2v) is 4.85. The molecule has 1 amide bonds. The van der Waals surface area contributed by atoms with Crippen LogP contribution in [0.2, 0.25) is 0 Å². The molecule has 1 N–H and O–H groups in total. The molecule has 2 rings (SSSR count). The van der Waals surface area contributed by atoms with Gasteiger partial charge in [-0.2, -0.15) is 0 Å². The molecule has 0 atom stereocenters. The van der Waals surface area contributed by atoms with Crippen LogP contribution in [0, 0.1) is 0 Å². The number of carbonyl (C=O) groups excluding carboxylic acids is 2.